The van der Waals surface area contributed by atoms with E-state index in [9.17, 15) is 9.18 Å². The molecule has 0 spiro atoms. The van der Waals surface area contributed by atoms with E-state index in [4.69, 9.17) is 0 Å². The monoisotopic (exact) mass is 292 g/mol. The Balaban J connectivity index is 1.72. The number of aromatic nitrogens is 2. The van der Waals surface area contributed by atoms with Crippen LogP contribution in [0, 0.1) is 5.82 Å². The molecular weight excluding hydrogens is 279 g/mol. The Morgan fingerprint density at radius 1 is 1.05 bits per heavy atom. The molecule has 0 N–H and O–H groups in total. The lowest BCUT2D eigenvalue weighted by Crippen LogP contribution is -1.94. The molecule has 22 heavy (non-hydrogen) atoms. The van der Waals surface area contributed by atoms with Crippen molar-refractivity contribution in [2.24, 2.45) is 0 Å². The summed E-state index contributed by atoms with van der Waals surface area (Å²) in [5.74, 6) is -0.505. The van der Waals surface area contributed by atoms with E-state index in [-0.39, 0.29) is 11.6 Å². The number of nitrogens with zero attached hydrogens (tertiary/aromatic N) is 2. The van der Waals surface area contributed by atoms with Crippen molar-refractivity contribution in [2.45, 2.75) is 0 Å². The van der Waals surface area contributed by atoms with Crippen molar-refractivity contribution in [1.82, 2.24) is 9.55 Å². The molecule has 0 radical (unpaired) electrons. The highest BCUT2D eigenvalue weighted by Crippen LogP contribution is 2.11. The molecule has 0 bridgehead atoms. The Hall–Kier alpha value is -3.01. The minimum absolute atomic E-state index is 0.154. The second kappa shape index (κ2) is 6.18. The molecule has 0 fully saturated rings. The normalized spacial score (nSPS) is 11.0. The van der Waals surface area contributed by atoms with Crippen LogP contribution in [0.5, 0.6) is 0 Å². The molecule has 0 saturated carbocycles. The molecule has 3 nitrogen and oxygen atoms in total. The first-order valence-corrected chi connectivity index (χ1v) is 6.79. The molecule has 2 aromatic carbocycles. The second-order valence-electron chi connectivity index (χ2n) is 4.77. The van der Waals surface area contributed by atoms with E-state index in [1.165, 1.54) is 30.3 Å². The SMILES string of the molecule is O=C(C=Cc1ccc(-n2ccnc2)cc1)c1ccc(F)cc1. The molecule has 0 aliphatic rings. The summed E-state index contributed by atoms with van der Waals surface area (Å²) in [6.45, 7) is 0. The van der Waals surface area contributed by atoms with Gasteiger partial charge in [0.05, 0.1) is 6.33 Å². The first kappa shape index (κ1) is 13.9. The number of benzene rings is 2. The Morgan fingerprint density at radius 2 is 1.77 bits per heavy atom. The second-order valence-corrected chi connectivity index (χ2v) is 4.77. The summed E-state index contributed by atoms with van der Waals surface area (Å²) in [5.41, 5.74) is 2.38. The van der Waals surface area contributed by atoms with E-state index in [0.717, 1.165) is 11.3 Å². The predicted octanol–water partition coefficient (Wildman–Crippen LogP) is 3.91. The van der Waals surface area contributed by atoms with Crippen LogP contribution in [0.4, 0.5) is 4.39 Å². The van der Waals surface area contributed by atoms with Crippen LogP contribution in [0.25, 0.3) is 11.8 Å². The number of rotatable bonds is 4. The molecule has 3 aromatic rings. The first-order valence-electron chi connectivity index (χ1n) is 6.79. The number of ketones is 1. The van der Waals surface area contributed by atoms with E-state index in [0.29, 0.717) is 5.56 Å². The van der Waals surface area contributed by atoms with Gasteiger partial charge in [-0.3, -0.25) is 4.79 Å². The summed E-state index contributed by atoms with van der Waals surface area (Å²) in [6, 6.07) is 13.2. The van der Waals surface area contributed by atoms with Gasteiger partial charge in [-0.1, -0.05) is 18.2 Å². The lowest BCUT2D eigenvalue weighted by atomic mass is 10.1. The van der Waals surface area contributed by atoms with Gasteiger partial charge in [-0.15, -0.1) is 0 Å². The fraction of sp³-hybridized carbons (Fsp3) is 0. The minimum Gasteiger partial charge on any atom is -0.306 e. The number of carbonyl (C=O) groups is 1. The molecule has 3 rings (SSSR count). The van der Waals surface area contributed by atoms with Gasteiger partial charge in [-0.05, 0) is 48.0 Å². The molecule has 0 aliphatic heterocycles. The van der Waals surface area contributed by atoms with Gasteiger partial charge < -0.3 is 4.57 Å². The summed E-state index contributed by atoms with van der Waals surface area (Å²) in [7, 11) is 0. The van der Waals surface area contributed by atoms with E-state index in [1.807, 2.05) is 35.0 Å². The molecule has 0 unspecified atom stereocenters. The Kier molecular flexibility index (Phi) is 3.92. The van der Waals surface area contributed by atoms with Crippen LogP contribution in [0.15, 0.2) is 73.3 Å². The van der Waals surface area contributed by atoms with E-state index in [2.05, 4.69) is 4.98 Å². The highest BCUT2D eigenvalue weighted by molar-refractivity contribution is 6.06. The maximum absolute atomic E-state index is 12.8. The molecule has 1 heterocycles. The van der Waals surface area contributed by atoms with Crippen molar-refractivity contribution >= 4 is 11.9 Å². The quantitative estimate of drug-likeness (QED) is 0.540. The predicted molar refractivity (Wildman–Crippen MR) is 83.3 cm³/mol. The van der Waals surface area contributed by atoms with Crippen LogP contribution < -0.4 is 0 Å². The highest BCUT2D eigenvalue weighted by atomic mass is 19.1. The number of hydrogen-bond acceptors (Lipinski definition) is 2. The number of halogens is 1. The number of allylic oxidation sites excluding steroid dienone is 1. The van der Waals surface area contributed by atoms with Gasteiger partial charge in [0.1, 0.15) is 5.82 Å². The highest BCUT2D eigenvalue weighted by Gasteiger charge is 2.01. The van der Waals surface area contributed by atoms with E-state index >= 15 is 0 Å². The largest absolute Gasteiger partial charge is 0.306 e. The molecule has 0 saturated heterocycles. The van der Waals surface area contributed by atoms with Crippen molar-refractivity contribution in [1.29, 1.82) is 0 Å². The summed E-state index contributed by atoms with van der Waals surface area (Å²) >= 11 is 0. The van der Waals surface area contributed by atoms with Gasteiger partial charge in [0, 0.05) is 23.6 Å². The third-order valence-electron chi connectivity index (χ3n) is 3.25. The molecule has 1 aromatic heterocycles. The van der Waals surface area contributed by atoms with Crippen molar-refractivity contribution in [3.05, 3.63) is 90.3 Å². The standard InChI is InChI=1S/C18H13FN2O/c19-16-6-4-15(5-7-16)18(22)10-3-14-1-8-17(9-2-14)21-12-11-20-13-21/h1-13H. The summed E-state index contributed by atoms with van der Waals surface area (Å²) < 4.78 is 14.7. The van der Waals surface area contributed by atoms with Gasteiger partial charge >= 0.3 is 0 Å². The van der Waals surface area contributed by atoms with Crippen LogP contribution >= 0.6 is 0 Å². The Bertz CT molecular complexity index is 788. The maximum Gasteiger partial charge on any atom is 0.185 e. The lowest BCUT2D eigenvalue weighted by molar-refractivity contribution is 0.104. The van der Waals surface area contributed by atoms with Gasteiger partial charge in [0.25, 0.3) is 0 Å². The average molecular weight is 292 g/mol. The fourth-order valence-corrected chi connectivity index (χ4v) is 2.05. The van der Waals surface area contributed by atoms with Crippen molar-refractivity contribution < 1.29 is 9.18 Å². The zero-order chi connectivity index (χ0) is 15.4. The molecule has 4 heteroatoms. The van der Waals surface area contributed by atoms with Crippen LogP contribution in [-0.4, -0.2) is 15.3 Å². The summed E-state index contributed by atoms with van der Waals surface area (Å²) in [6.07, 6.45) is 8.53. The number of carbonyl (C=O) groups excluding carboxylic acids is 1. The third kappa shape index (κ3) is 3.17. The van der Waals surface area contributed by atoms with Gasteiger partial charge in [0.2, 0.25) is 0 Å². The van der Waals surface area contributed by atoms with Gasteiger partial charge in [0.15, 0.2) is 5.78 Å². The zero-order valence-corrected chi connectivity index (χ0v) is 11.7. The molecule has 0 amide bonds. The average Bonchev–Trinajstić information content (AvgIpc) is 3.08. The van der Waals surface area contributed by atoms with Crippen LogP contribution in [-0.2, 0) is 0 Å². The Labute approximate surface area is 127 Å². The maximum atomic E-state index is 12.8. The van der Waals surface area contributed by atoms with Crippen molar-refractivity contribution in [2.75, 3.05) is 0 Å². The van der Waals surface area contributed by atoms with Crippen LogP contribution in [0.3, 0.4) is 0 Å². The number of hydrogen-bond donors (Lipinski definition) is 0. The zero-order valence-electron chi connectivity index (χ0n) is 11.7. The van der Waals surface area contributed by atoms with Crippen LogP contribution in [0.2, 0.25) is 0 Å². The Morgan fingerprint density at radius 3 is 2.41 bits per heavy atom. The summed E-state index contributed by atoms with van der Waals surface area (Å²) in [5, 5.41) is 0. The smallest absolute Gasteiger partial charge is 0.185 e. The summed E-state index contributed by atoms with van der Waals surface area (Å²) in [4.78, 5) is 16.0. The molecule has 108 valence electrons. The third-order valence-corrected chi connectivity index (χ3v) is 3.25. The first-order chi connectivity index (χ1) is 10.7. The van der Waals surface area contributed by atoms with E-state index in [1.54, 1.807) is 18.6 Å². The van der Waals surface area contributed by atoms with Crippen molar-refractivity contribution in [3.8, 4) is 5.69 Å². The molecule has 0 atom stereocenters. The van der Waals surface area contributed by atoms with Gasteiger partial charge in [-0.25, -0.2) is 9.37 Å². The molecular formula is C18H13FN2O. The lowest BCUT2D eigenvalue weighted by Gasteiger charge is -2.02. The van der Waals surface area contributed by atoms with Crippen LogP contribution in [0.1, 0.15) is 15.9 Å². The topological polar surface area (TPSA) is 34.9 Å². The fourth-order valence-electron chi connectivity index (χ4n) is 2.05. The van der Waals surface area contributed by atoms with Gasteiger partial charge in [-0.2, -0.15) is 0 Å². The van der Waals surface area contributed by atoms with Crippen molar-refractivity contribution in [3.63, 3.8) is 0 Å². The number of imidazole rings is 1. The molecule has 0 aliphatic carbocycles. The van der Waals surface area contributed by atoms with E-state index < -0.39 is 0 Å². The minimum atomic E-state index is -0.351.